The molecule has 33 heavy (non-hydrogen) atoms. The molecule has 2 aliphatic heterocycles. The highest BCUT2D eigenvalue weighted by molar-refractivity contribution is 7.18. The van der Waals surface area contributed by atoms with Crippen LogP contribution in [-0.4, -0.2) is 66.5 Å². The summed E-state index contributed by atoms with van der Waals surface area (Å²) in [5.41, 5.74) is 1.31. The molecule has 1 N–H and O–H groups in total. The minimum Gasteiger partial charge on any atom is -0.373 e. The Kier molecular flexibility index (Phi) is 7.74. The fraction of sp³-hybridized carbons (Fsp3) is 0.520. The zero-order valence-electron chi connectivity index (χ0n) is 19.5. The van der Waals surface area contributed by atoms with Gasteiger partial charge in [0.25, 0.3) is 11.8 Å². The van der Waals surface area contributed by atoms with Crippen molar-refractivity contribution in [1.29, 1.82) is 0 Å². The van der Waals surface area contributed by atoms with Crippen LogP contribution in [0.2, 0.25) is 5.02 Å². The zero-order valence-corrected chi connectivity index (χ0v) is 21.0. The van der Waals surface area contributed by atoms with Crippen molar-refractivity contribution in [2.75, 3.05) is 38.0 Å². The Labute approximate surface area is 204 Å². The first-order chi connectivity index (χ1) is 15.8. The lowest BCUT2D eigenvalue weighted by Gasteiger charge is -2.39. The molecule has 2 aliphatic rings. The van der Waals surface area contributed by atoms with E-state index in [-0.39, 0.29) is 24.0 Å². The number of thiophene rings is 1. The summed E-state index contributed by atoms with van der Waals surface area (Å²) in [6, 6.07) is 8.80. The Morgan fingerprint density at radius 3 is 2.48 bits per heavy atom. The van der Waals surface area contributed by atoms with Gasteiger partial charge in [0.15, 0.2) is 0 Å². The maximum atomic E-state index is 13.2. The summed E-state index contributed by atoms with van der Waals surface area (Å²) < 4.78 is 5.84. The van der Waals surface area contributed by atoms with Gasteiger partial charge in [-0.25, -0.2) is 0 Å². The molecule has 2 saturated heterocycles. The molecule has 1 aromatic heterocycles. The molecule has 8 heteroatoms. The predicted octanol–water partition coefficient (Wildman–Crippen LogP) is 4.92. The summed E-state index contributed by atoms with van der Waals surface area (Å²) in [6.45, 7) is 10.8. The van der Waals surface area contributed by atoms with Crippen LogP contribution in [-0.2, 0) is 4.74 Å². The number of aryl methyl sites for hydroxylation is 1. The monoisotopic (exact) mass is 489 g/mol. The van der Waals surface area contributed by atoms with E-state index in [0.29, 0.717) is 26.4 Å². The number of nitrogens with one attached hydrogen (secondary N) is 1. The lowest BCUT2D eigenvalue weighted by atomic mass is 9.95. The van der Waals surface area contributed by atoms with Crippen LogP contribution in [0.5, 0.6) is 0 Å². The SMILES string of the molecule is Cc1cc(NC(=O)c2ccccc2Cl)sc1C(=O)N1CCC(CN2CC(C)OC(C)C2)CC1. The molecule has 2 amide bonds. The zero-order chi connectivity index (χ0) is 23.5. The Morgan fingerprint density at radius 1 is 1.15 bits per heavy atom. The topological polar surface area (TPSA) is 61.9 Å². The molecule has 178 valence electrons. The third-order valence-electron chi connectivity index (χ3n) is 6.38. The highest BCUT2D eigenvalue weighted by Gasteiger charge is 2.29. The lowest BCUT2D eigenvalue weighted by Crippen LogP contribution is -2.48. The summed E-state index contributed by atoms with van der Waals surface area (Å²) in [5.74, 6) is 0.401. The van der Waals surface area contributed by atoms with Gasteiger partial charge in [0.2, 0.25) is 0 Å². The van der Waals surface area contributed by atoms with Crippen LogP contribution in [0.1, 0.15) is 52.3 Å². The van der Waals surface area contributed by atoms with E-state index in [1.165, 1.54) is 11.3 Å². The molecule has 2 aromatic rings. The molecular weight excluding hydrogens is 458 g/mol. The molecule has 0 spiro atoms. The van der Waals surface area contributed by atoms with Crippen LogP contribution >= 0.6 is 22.9 Å². The number of carbonyl (C=O) groups is 2. The summed E-state index contributed by atoms with van der Waals surface area (Å²) >= 11 is 7.47. The number of rotatable bonds is 5. The van der Waals surface area contributed by atoms with E-state index in [2.05, 4.69) is 24.1 Å². The third-order valence-corrected chi connectivity index (χ3v) is 7.85. The number of amides is 2. The van der Waals surface area contributed by atoms with Gasteiger partial charge >= 0.3 is 0 Å². The third kappa shape index (κ3) is 5.96. The van der Waals surface area contributed by atoms with E-state index < -0.39 is 0 Å². The number of piperidine rings is 1. The summed E-state index contributed by atoms with van der Waals surface area (Å²) in [4.78, 5) is 30.9. The van der Waals surface area contributed by atoms with Crippen molar-refractivity contribution in [2.45, 2.75) is 45.8 Å². The Morgan fingerprint density at radius 2 is 1.82 bits per heavy atom. The van der Waals surface area contributed by atoms with Gasteiger partial charge in [-0.15, -0.1) is 11.3 Å². The number of halogens is 1. The van der Waals surface area contributed by atoms with Crippen molar-refractivity contribution in [3.63, 3.8) is 0 Å². The lowest BCUT2D eigenvalue weighted by molar-refractivity contribution is -0.0728. The fourth-order valence-corrected chi connectivity index (χ4v) is 6.10. The number of likely N-dealkylation sites (tertiary alicyclic amines) is 1. The first-order valence-corrected chi connectivity index (χ1v) is 12.8. The molecule has 3 heterocycles. The average molecular weight is 490 g/mol. The predicted molar refractivity (Wildman–Crippen MR) is 134 cm³/mol. The molecule has 0 saturated carbocycles. The first-order valence-electron chi connectivity index (χ1n) is 11.6. The van der Waals surface area contributed by atoms with E-state index in [1.54, 1.807) is 24.3 Å². The van der Waals surface area contributed by atoms with Crippen LogP contribution in [0.3, 0.4) is 0 Å². The van der Waals surface area contributed by atoms with E-state index in [1.807, 2.05) is 17.9 Å². The van der Waals surface area contributed by atoms with E-state index in [9.17, 15) is 9.59 Å². The normalized spacial score (nSPS) is 22.4. The van der Waals surface area contributed by atoms with Gasteiger partial charge in [-0.05, 0) is 63.3 Å². The van der Waals surface area contributed by atoms with Crippen LogP contribution in [0, 0.1) is 12.8 Å². The molecule has 0 aliphatic carbocycles. The molecule has 2 atom stereocenters. The van der Waals surface area contributed by atoms with Crippen molar-refractivity contribution >= 4 is 39.8 Å². The second-order valence-electron chi connectivity index (χ2n) is 9.27. The quantitative estimate of drug-likeness (QED) is 0.647. The number of anilines is 1. The number of hydrogen-bond donors (Lipinski definition) is 1. The molecule has 2 fully saturated rings. The summed E-state index contributed by atoms with van der Waals surface area (Å²) in [7, 11) is 0. The van der Waals surface area contributed by atoms with Crippen molar-refractivity contribution in [2.24, 2.45) is 5.92 Å². The Balaban J connectivity index is 1.32. The second kappa shape index (κ2) is 10.6. The molecule has 0 bridgehead atoms. The number of benzene rings is 1. The molecule has 0 radical (unpaired) electrons. The van der Waals surface area contributed by atoms with E-state index >= 15 is 0 Å². The van der Waals surface area contributed by atoms with Crippen molar-refractivity contribution in [1.82, 2.24) is 9.80 Å². The number of hydrogen-bond acceptors (Lipinski definition) is 5. The standard InChI is InChI=1S/C25H32ClN3O3S/c1-16-12-22(27-24(30)20-6-4-5-7-21(20)26)33-23(16)25(31)29-10-8-19(9-11-29)15-28-13-17(2)32-18(3)14-28/h4-7,12,17-19H,8-11,13-15H2,1-3H3,(H,27,30). The minimum absolute atomic E-state index is 0.0582. The average Bonchev–Trinajstić information content (AvgIpc) is 3.13. The fourth-order valence-electron chi connectivity index (χ4n) is 4.84. The number of morpholine rings is 1. The number of ether oxygens (including phenoxy) is 1. The van der Waals surface area contributed by atoms with E-state index in [4.69, 9.17) is 16.3 Å². The molecule has 6 nitrogen and oxygen atoms in total. The highest BCUT2D eigenvalue weighted by Crippen LogP contribution is 2.30. The maximum Gasteiger partial charge on any atom is 0.264 e. The van der Waals surface area contributed by atoms with Crippen LogP contribution < -0.4 is 5.32 Å². The maximum absolute atomic E-state index is 13.2. The van der Waals surface area contributed by atoms with Gasteiger partial charge in [0, 0.05) is 32.7 Å². The van der Waals surface area contributed by atoms with Gasteiger partial charge in [0.1, 0.15) is 0 Å². The van der Waals surface area contributed by atoms with Gasteiger partial charge in [0.05, 0.1) is 32.7 Å². The van der Waals surface area contributed by atoms with Crippen molar-refractivity contribution in [3.05, 3.63) is 51.4 Å². The Bertz CT molecular complexity index is 993. The highest BCUT2D eigenvalue weighted by atomic mass is 35.5. The van der Waals surface area contributed by atoms with Crippen LogP contribution in [0.4, 0.5) is 5.00 Å². The molecule has 2 unspecified atom stereocenters. The molecule has 1 aromatic carbocycles. The smallest absolute Gasteiger partial charge is 0.264 e. The van der Waals surface area contributed by atoms with Gasteiger partial charge in [-0.2, -0.15) is 0 Å². The molecular formula is C25H32ClN3O3S. The number of nitrogens with zero attached hydrogens (tertiary/aromatic N) is 2. The number of carbonyl (C=O) groups excluding carboxylic acids is 2. The first kappa shape index (κ1) is 24.2. The summed E-state index contributed by atoms with van der Waals surface area (Å²) in [6.07, 6.45) is 2.60. The Hall–Kier alpha value is -1.93. The van der Waals surface area contributed by atoms with Gasteiger partial charge in [-0.3, -0.25) is 14.5 Å². The summed E-state index contributed by atoms with van der Waals surface area (Å²) in [5, 5.41) is 3.95. The van der Waals surface area contributed by atoms with Crippen molar-refractivity contribution < 1.29 is 14.3 Å². The second-order valence-corrected chi connectivity index (χ2v) is 10.7. The van der Waals surface area contributed by atoms with Crippen LogP contribution in [0.15, 0.2) is 30.3 Å². The largest absolute Gasteiger partial charge is 0.373 e. The minimum atomic E-state index is -0.270. The van der Waals surface area contributed by atoms with Gasteiger partial charge < -0.3 is 15.0 Å². The molecule has 4 rings (SSSR count). The van der Waals surface area contributed by atoms with E-state index in [0.717, 1.165) is 51.1 Å². The van der Waals surface area contributed by atoms with Crippen molar-refractivity contribution in [3.8, 4) is 0 Å². The van der Waals surface area contributed by atoms with Gasteiger partial charge in [-0.1, -0.05) is 23.7 Å². The van der Waals surface area contributed by atoms with Crippen LogP contribution in [0.25, 0.3) is 0 Å².